The van der Waals surface area contributed by atoms with Gasteiger partial charge in [-0.05, 0) is 30.9 Å². The van der Waals surface area contributed by atoms with Crippen molar-refractivity contribution in [2.75, 3.05) is 33.8 Å². The van der Waals surface area contributed by atoms with E-state index in [1.807, 2.05) is 18.2 Å². The van der Waals surface area contributed by atoms with Crippen molar-refractivity contribution in [1.29, 1.82) is 0 Å². The fourth-order valence-corrected chi connectivity index (χ4v) is 2.30. The molecule has 0 atom stereocenters. The fourth-order valence-electron chi connectivity index (χ4n) is 2.30. The van der Waals surface area contributed by atoms with Crippen LogP contribution in [0.1, 0.15) is 18.4 Å². The fraction of sp³-hybridized carbons (Fsp3) is 0.529. The molecule has 0 aromatic heterocycles. The highest BCUT2D eigenvalue weighted by molar-refractivity contribution is 14.0. The molecule has 1 saturated carbocycles. The van der Waals surface area contributed by atoms with Crippen molar-refractivity contribution in [3.05, 3.63) is 29.8 Å². The summed E-state index contributed by atoms with van der Waals surface area (Å²) in [5.41, 5.74) is 1.16. The average molecular weight is 446 g/mol. The lowest BCUT2D eigenvalue weighted by molar-refractivity contribution is -0.122. The number of amides is 1. The molecule has 1 aromatic carbocycles. The van der Waals surface area contributed by atoms with E-state index in [-0.39, 0.29) is 35.8 Å². The molecule has 0 saturated heterocycles. The molecule has 0 spiro atoms. The first-order valence-electron chi connectivity index (χ1n) is 8.08. The topological polar surface area (TPSA) is 74.8 Å². The highest BCUT2D eigenvalue weighted by atomic mass is 127. The molecule has 0 unspecified atom stereocenters. The van der Waals surface area contributed by atoms with Gasteiger partial charge in [0.1, 0.15) is 5.75 Å². The number of nitrogens with one attached hydrogen (secondary N) is 3. The molecule has 1 aromatic rings. The number of benzene rings is 1. The van der Waals surface area contributed by atoms with E-state index in [2.05, 4.69) is 27.0 Å². The molecule has 24 heavy (non-hydrogen) atoms. The van der Waals surface area contributed by atoms with Crippen LogP contribution in [0.25, 0.3) is 0 Å². The number of methoxy groups -OCH3 is 1. The lowest BCUT2D eigenvalue weighted by Crippen LogP contribution is -2.42. The van der Waals surface area contributed by atoms with E-state index < -0.39 is 0 Å². The van der Waals surface area contributed by atoms with Crippen LogP contribution in [0.15, 0.2) is 29.3 Å². The third kappa shape index (κ3) is 6.94. The number of ether oxygens (including phenoxy) is 1. The van der Waals surface area contributed by atoms with Crippen LogP contribution < -0.4 is 20.7 Å². The Bertz CT molecular complexity index is 547. The largest absolute Gasteiger partial charge is 0.496 e. The lowest BCUT2D eigenvalue weighted by Gasteiger charge is -2.13. The minimum Gasteiger partial charge on any atom is -0.496 e. The molecule has 7 heteroatoms. The summed E-state index contributed by atoms with van der Waals surface area (Å²) in [5.74, 6) is 2.07. The van der Waals surface area contributed by atoms with Gasteiger partial charge in [0.15, 0.2) is 5.96 Å². The number of carbonyl (C=O) groups is 1. The first-order valence-corrected chi connectivity index (χ1v) is 8.08. The summed E-state index contributed by atoms with van der Waals surface area (Å²) >= 11 is 0. The van der Waals surface area contributed by atoms with Gasteiger partial charge in [0, 0.05) is 32.6 Å². The van der Waals surface area contributed by atoms with Gasteiger partial charge in [-0.15, -0.1) is 24.0 Å². The molecule has 0 aliphatic heterocycles. The minimum absolute atomic E-state index is 0. The lowest BCUT2D eigenvalue weighted by atomic mass is 10.1. The van der Waals surface area contributed by atoms with Gasteiger partial charge in [0.05, 0.1) is 7.11 Å². The Morgan fingerprint density at radius 1 is 1.17 bits per heavy atom. The summed E-state index contributed by atoms with van der Waals surface area (Å²) < 4.78 is 5.34. The van der Waals surface area contributed by atoms with E-state index in [9.17, 15) is 4.79 Å². The second-order valence-corrected chi connectivity index (χ2v) is 5.55. The first kappa shape index (κ1) is 20.5. The summed E-state index contributed by atoms with van der Waals surface area (Å²) in [6.07, 6.45) is 2.92. The Balaban J connectivity index is 0.00000288. The van der Waals surface area contributed by atoms with Gasteiger partial charge in [-0.1, -0.05) is 18.2 Å². The van der Waals surface area contributed by atoms with E-state index >= 15 is 0 Å². The van der Waals surface area contributed by atoms with E-state index in [4.69, 9.17) is 4.74 Å². The third-order valence-electron chi connectivity index (χ3n) is 3.77. The molecular formula is C17H27IN4O2. The maximum Gasteiger partial charge on any atom is 0.223 e. The average Bonchev–Trinajstić information content (AvgIpc) is 3.42. The quantitative estimate of drug-likeness (QED) is 0.245. The number of halogens is 1. The number of carbonyl (C=O) groups excluding carboxylic acids is 1. The summed E-state index contributed by atoms with van der Waals surface area (Å²) in [7, 11) is 3.42. The number of guanidine groups is 1. The van der Waals surface area contributed by atoms with Gasteiger partial charge in [-0.2, -0.15) is 0 Å². The van der Waals surface area contributed by atoms with Crippen LogP contribution in [0.3, 0.4) is 0 Å². The minimum atomic E-state index is 0. The van der Waals surface area contributed by atoms with Crippen molar-refractivity contribution in [1.82, 2.24) is 16.0 Å². The standard InChI is InChI=1S/C17H26N4O2.HI/c1-18-17(21-12-11-19-16(22)14-7-8-14)20-10-9-13-5-3-4-6-15(13)23-2;/h3-6,14H,7-12H2,1-2H3,(H,19,22)(H2,18,20,21);1H. The van der Waals surface area contributed by atoms with E-state index in [0.29, 0.717) is 13.1 Å². The van der Waals surface area contributed by atoms with Crippen LogP contribution >= 0.6 is 24.0 Å². The molecule has 0 bridgehead atoms. The Kier molecular flexibility index (Phi) is 9.51. The summed E-state index contributed by atoms with van der Waals surface area (Å²) in [6, 6.07) is 7.99. The van der Waals surface area contributed by atoms with Crippen molar-refractivity contribution < 1.29 is 9.53 Å². The van der Waals surface area contributed by atoms with Crippen molar-refractivity contribution >= 4 is 35.8 Å². The number of hydrogen-bond donors (Lipinski definition) is 3. The molecule has 2 rings (SSSR count). The van der Waals surface area contributed by atoms with E-state index in [1.54, 1.807) is 14.2 Å². The maximum absolute atomic E-state index is 11.5. The van der Waals surface area contributed by atoms with Crippen LogP contribution in [0.4, 0.5) is 0 Å². The Morgan fingerprint density at radius 2 is 1.83 bits per heavy atom. The van der Waals surface area contributed by atoms with Gasteiger partial charge in [0.25, 0.3) is 0 Å². The predicted molar refractivity (Wildman–Crippen MR) is 107 cm³/mol. The van der Waals surface area contributed by atoms with E-state index in [1.165, 1.54) is 0 Å². The third-order valence-corrected chi connectivity index (χ3v) is 3.77. The smallest absolute Gasteiger partial charge is 0.223 e. The summed E-state index contributed by atoms with van der Waals surface area (Å²) in [4.78, 5) is 15.7. The summed E-state index contributed by atoms with van der Waals surface area (Å²) in [5, 5.41) is 9.38. The van der Waals surface area contributed by atoms with Crippen LogP contribution in [0, 0.1) is 5.92 Å². The SMILES string of the molecule is CN=C(NCCNC(=O)C1CC1)NCCc1ccccc1OC.I. The van der Waals surface area contributed by atoms with Crippen molar-refractivity contribution in [2.24, 2.45) is 10.9 Å². The van der Waals surface area contributed by atoms with Gasteiger partial charge in [0.2, 0.25) is 5.91 Å². The predicted octanol–water partition coefficient (Wildman–Crippen LogP) is 1.55. The van der Waals surface area contributed by atoms with Gasteiger partial charge >= 0.3 is 0 Å². The maximum atomic E-state index is 11.5. The Hall–Kier alpha value is -1.51. The highest BCUT2D eigenvalue weighted by Gasteiger charge is 2.28. The molecule has 1 amide bonds. The van der Waals surface area contributed by atoms with E-state index in [0.717, 1.165) is 43.1 Å². The molecule has 3 N–H and O–H groups in total. The molecule has 0 radical (unpaired) electrons. The first-order chi connectivity index (χ1) is 11.2. The van der Waals surface area contributed by atoms with Crippen LogP contribution in [-0.4, -0.2) is 45.7 Å². The number of hydrogen-bond acceptors (Lipinski definition) is 3. The zero-order valence-electron chi connectivity index (χ0n) is 14.3. The van der Waals surface area contributed by atoms with Gasteiger partial charge in [-0.3, -0.25) is 9.79 Å². The number of para-hydroxylation sites is 1. The molecule has 134 valence electrons. The Labute approximate surface area is 160 Å². The van der Waals surface area contributed by atoms with Crippen LogP contribution in [0.2, 0.25) is 0 Å². The van der Waals surface area contributed by atoms with Crippen molar-refractivity contribution in [2.45, 2.75) is 19.3 Å². The molecular weight excluding hydrogens is 419 g/mol. The monoisotopic (exact) mass is 446 g/mol. The Morgan fingerprint density at radius 3 is 2.50 bits per heavy atom. The summed E-state index contributed by atoms with van der Waals surface area (Å²) in [6.45, 7) is 2.03. The van der Waals surface area contributed by atoms with Crippen LogP contribution in [0.5, 0.6) is 5.75 Å². The van der Waals surface area contributed by atoms with Crippen molar-refractivity contribution in [3.63, 3.8) is 0 Å². The molecule has 6 nitrogen and oxygen atoms in total. The molecule has 1 aliphatic rings. The molecule has 1 aliphatic carbocycles. The van der Waals surface area contributed by atoms with Gasteiger partial charge in [-0.25, -0.2) is 0 Å². The molecule has 1 fully saturated rings. The van der Waals surface area contributed by atoms with Gasteiger partial charge < -0.3 is 20.7 Å². The number of nitrogens with zero attached hydrogens (tertiary/aromatic N) is 1. The second-order valence-electron chi connectivity index (χ2n) is 5.55. The second kappa shape index (κ2) is 11.1. The zero-order valence-corrected chi connectivity index (χ0v) is 16.6. The van der Waals surface area contributed by atoms with Crippen molar-refractivity contribution in [3.8, 4) is 5.75 Å². The highest BCUT2D eigenvalue weighted by Crippen LogP contribution is 2.28. The molecule has 0 heterocycles. The normalized spacial score (nSPS) is 13.7. The number of aliphatic imine (C=N–C) groups is 1. The van der Waals surface area contributed by atoms with Crippen LogP contribution in [-0.2, 0) is 11.2 Å². The number of rotatable bonds is 8. The zero-order chi connectivity index (χ0) is 16.5.